The molecule has 2 aromatic rings. The van der Waals surface area contributed by atoms with Gasteiger partial charge in [0.1, 0.15) is 5.75 Å². The van der Waals surface area contributed by atoms with E-state index in [9.17, 15) is 19.5 Å². The lowest BCUT2D eigenvalue weighted by Crippen LogP contribution is -2.29. The number of ether oxygens (including phenoxy) is 1. The molecule has 0 radical (unpaired) electrons. The fourth-order valence-electron chi connectivity index (χ4n) is 1.77. The summed E-state index contributed by atoms with van der Waals surface area (Å²) in [6.45, 7) is 0. The molecule has 2 amide bonds. The van der Waals surface area contributed by atoms with Crippen molar-refractivity contribution in [2.75, 3.05) is 17.7 Å². The van der Waals surface area contributed by atoms with Crippen molar-refractivity contribution in [1.29, 1.82) is 0 Å². The van der Waals surface area contributed by atoms with Crippen molar-refractivity contribution >= 4 is 29.2 Å². The van der Waals surface area contributed by atoms with Crippen LogP contribution in [0.2, 0.25) is 0 Å². The Morgan fingerprint density at radius 1 is 0.913 bits per heavy atom. The van der Waals surface area contributed by atoms with Crippen LogP contribution >= 0.6 is 0 Å². The summed E-state index contributed by atoms with van der Waals surface area (Å²) >= 11 is 0. The lowest BCUT2D eigenvalue weighted by molar-refractivity contribution is -0.132. The number of rotatable bonds is 3. The summed E-state index contributed by atoms with van der Waals surface area (Å²) in [4.78, 5) is 34.9. The van der Waals surface area contributed by atoms with Crippen LogP contribution in [-0.2, 0) is 14.3 Å². The van der Waals surface area contributed by atoms with E-state index >= 15 is 0 Å². The van der Waals surface area contributed by atoms with E-state index in [0.29, 0.717) is 16.9 Å². The molecule has 3 N–H and O–H groups in total. The van der Waals surface area contributed by atoms with Gasteiger partial charge in [0.15, 0.2) is 0 Å². The first-order valence-corrected chi connectivity index (χ1v) is 6.59. The van der Waals surface area contributed by atoms with E-state index in [1.807, 2.05) is 0 Å². The minimum absolute atomic E-state index is 0.0263. The lowest BCUT2D eigenvalue weighted by Gasteiger charge is -2.07. The van der Waals surface area contributed by atoms with Crippen molar-refractivity contribution < 1.29 is 24.2 Å². The fraction of sp³-hybridized carbons (Fsp3) is 0.0625. The van der Waals surface area contributed by atoms with Crippen molar-refractivity contribution in [2.24, 2.45) is 0 Å². The normalized spacial score (nSPS) is 9.78. The second kappa shape index (κ2) is 7.08. The number of benzene rings is 2. The second-order valence-electron chi connectivity index (χ2n) is 4.53. The number of methoxy groups -OCH3 is 1. The summed E-state index contributed by atoms with van der Waals surface area (Å²) in [7, 11) is 1.27. The number of amides is 2. The number of carbonyl (C=O) groups excluding carboxylic acids is 3. The summed E-state index contributed by atoms with van der Waals surface area (Å²) in [5, 5.41) is 14.1. The molecule has 0 aliphatic carbocycles. The molecule has 7 heteroatoms. The molecule has 0 aromatic heterocycles. The molecular weight excluding hydrogens is 300 g/mol. The second-order valence-corrected chi connectivity index (χ2v) is 4.53. The highest BCUT2D eigenvalue weighted by molar-refractivity contribution is 6.43. The number of aromatic hydroxyl groups is 1. The number of carbonyl (C=O) groups is 3. The van der Waals surface area contributed by atoms with Gasteiger partial charge in [0.05, 0.1) is 12.7 Å². The third-order valence-electron chi connectivity index (χ3n) is 2.87. The van der Waals surface area contributed by atoms with E-state index in [4.69, 9.17) is 0 Å². The van der Waals surface area contributed by atoms with Crippen molar-refractivity contribution in [3.05, 3.63) is 54.1 Å². The first-order chi connectivity index (χ1) is 11.0. The van der Waals surface area contributed by atoms with Gasteiger partial charge in [-0.05, 0) is 36.4 Å². The predicted molar refractivity (Wildman–Crippen MR) is 83.1 cm³/mol. The van der Waals surface area contributed by atoms with E-state index < -0.39 is 17.8 Å². The molecule has 23 heavy (non-hydrogen) atoms. The van der Waals surface area contributed by atoms with Crippen LogP contribution in [0.1, 0.15) is 10.4 Å². The molecule has 2 aromatic carbocycles. The lowest BCUT2D eigenvalue weighted by atomic mass is 10.2. The van der Waals surface area contributed by atoms with Gasteiger partial charge in [0.2, 0.25) is 0 Å². The van der Waals surface area contributed by atoms with Crippen LogP contribution in [0.15, 0.2) is 48.5 Å². The molecule has 7 nitrogen and oxygen atoms in total. The van der Waals surface area contributed by atoms with Crippen LogP contribution in [0, 0.1) is 0 Å². The largest absolute Gasteiger partial charge is 0.508 e. The molecule has 0 fully saturated rings. The number of nitrogens with one attached hydrogen (secondary N) is 2. The third kappa shape index (κ3) is 4.31. The van der Waals surface area contributed by atoms with Crippen molar-refractivity contribution in [2.45, 2.75) is 0 Å². The zero-order valence-electron chi connectivity index (χ0n) is 12.2. The van der Waals surface area contributed by atoms with Crippen LogP contribution in [0.4, 0.5) is 11.4 Å². The maximum atomic E-state index is 11.8. The number of anilines is 2. The monoisotopic (exact) mass is 314 g/mol. The molecule has 2 rings (SSSR count). The molecule has 0 bridgehead atoms. The number of hydrogen-bond acceptors (Lipinski definition) is 5. The van der Waals surface area contributed by atoms with Gasteiger partial charge >= 0.3 is 17.8 Å². The maximum Gasteiger partial charge on any atom is 0.337 e. The Morgan fingerprint density at radius 3 is 2.09 bits per heavy atom. The van der Waals surface area contributed by atoms with Crippen LogP contribution in [0.25, 0.3) is 0 Å². The number of esters is 1. The molecule has 118 valence electrons. The van der Waals surface area contributed by atoms with Crippen molar-refractivity contribution in [1.82, 2.24) is 0 Å². The first-order valence-electron chi connectivity index (χ1n) is 6.59. The van der Waals surface area contributed by atoms with E-state index in [-0.39, 0.29) is 5.75 Å². The molecule has 0 atom stereocenters. The van der Waals surface area contributed by atoms with Crippen LogP contribution in [0.5, 0.6) is 5.75 Å². The average molecular weight is 314 g/mol. The zero-order valence-corrected chi connectivity index (χ0v) is 12.2. The third-order valence-corrected chi connectivity index (χ3v) is 2.87. The maximum absolute atomic E-state index is 11.8. The van der Waals surface area contributed by atoms with Gasteiger partial charge in [-0.25, -0.2) is 4.79 Å². The van der Waals surface area contributed by atoms with Gasteiger partial charge in [-0.15, -0.1) is 0 Å². The Morgan fingerprint density at radius 2 is 1.52 bits per heavy atom. The standard InChI is InChI=1S/C16H14N2O5/c1-23-16(22)10-5-7-11(8-6-10)17-14(20)15(21)18-12-3-2-4-13(19)9-12/h2-9,19H,1H3,(H,17,20)(H,18,21). The summed E-state index contributed by atoms with van der Waals surface area (Å²) in [6, 6.07) is 11.7. The van der Waals surface area contributed by atoms with E-state index in [1.165, 1.54) is 55.6 Å². The Hall–Kier alpha value is -3.35. The Kier molecular flexibility index (Phi) is 4.93. The van der Waals surface area contributed by atoms with E-state index in [0.717, 1.165) is 0 Å². The summed E-state index contributed by atoms with van der Waals surface area (Å²) in [5.74, 6) is -2.28. The van der Waals surface area contributed by atoms with Gasteiger partial charge in [-0.1, -0.05) is 6.07 Å². The highest BCUT2D eigenvalue weighted by atomic mass is 16.5. The summed E-state index contributed by atoms with van der Waals surface area (Å²) in [6.07, 6.45) is 0. The average Bonchev–Trinajstić information content (AvgIpc) is 2.54. The minimum Gasteiger partial charge on any atom is -0.508 e. The fourth-order valence-corrected chi connectivity index (χ4v) is 1.77. The van der Waals surface area contributed by atoms with Gasteiger partial charge in [0.25, 0.3) is 0 Å². The zero-order chi connectivity index (χ0) is 16.8. The number of phenolic OH excluding ortho intramolecular Hbond substituents is 1. The van der Waals surface area contributed by atoms with Gasteiger partial charge in [-0.2, -0.15) is 0 Å². The van der Waals surface area contributed by atoms with Crippen LogP contribution in [-0.4, -0.2) is 30.0 Å². The molecule has 0 unspecified atom stereocenters. The molecule has 0 saturated carbocycles. The van der Waals surface area contributed by atoms with Crippen molar-refractivity contribution in [3.8, 4) is 5.75 Å². The summed E-state index contributed by atoms with van der Waals surface area (Å²) < 4.78 is 4.56. The number of hydrogen-bond donors (Lipinski definition) is 3. The Labute approximate surface area is 131 Å². The topological polar surface area (TPSA) is 105 Å². The highest BCUT2D eigenvalue weighted by Crippen LogP contribution is 2.15. The first kappa shape index (κ1) is 16.0. The van der Waals surface area contributed by atoms with Crippen molar-refractivity contribution in [3.63, 3.8) is 0 Å². The SMILES string of the molecule is COC(=O)c1ccc(NC(=O)C(=O)Nc2cccc(O)c2)cc1. The smallest absolute Gasteiger partial charge is 0.337 e. The molecule has 0 aliphatic rings. The molecule has 0 aliphatic heterocycles. The van der Waals surface area contributed by atoms with Gasteiger partial charge in [-0.3, -0.25) is 9.59 Å². The Balaban J connectivity index is 1.98. The van der Waals surface area contributed by atoms with Gasteiger partial charge < -0.3 is 20.5 Å². The highest BCUT2D eigenvalue weighted by Gasteiger charge is 2.14. The molecule has 0 heterocycles. The number of phenols is 1. The Bertz CT molecular complexity index is 740. The minimum atomic E-state index is -0.882. The molecular formula is C16H14N2O5. The summed E-state index contributed by atoms with van der Waals surface area (Å²) in [5.41, 5.74) is 0.981. The molecule has 0 saturated heterocycles. The van der Waals surface area contributed by atoms with Crippen LogP contribution < -0.4 is 10.6 Å². The predicted octanol–water partition coefficient (Wildman–Crippen LogP) is 1.76. The van der Waals surface area contributed by atoms with E-state index in [2.05, 4.69) is 15.4 Å². The quantitative estimate of drug-likeness (QED) is 0.591. The van der Waals surface area contributed by atoms with Gasteiger partial charge in [0, 0.05) is 17.4 Å². The van der Waals surface area contributed by atoms with E-state index in [1.54, 1.807) is 0 Å². The van der Waals surface area contributed by atoms with Crippen LogP contribution in [0.3, 0.4) is 0 Å². The molecule has 0 spiro atoms.